The van der Waals surface area contributed by atoms with Crippen molar-refractivity contribution >= 4 is 33.4 Å². The summed E-state index contributed by atoms with van der Waals surface area (Å²) < 4.78 is 28.8. The quantitative estimate of drug-likeness (QED) is 0.426. The maximum absolute atomic E-state index is 13.5. The highest BCUT2D eigenvalue weighted by Crippen LogP contribution is 2.60. The Morgan fingerprint density at radius 2 is 1.74 bits per heavy atom. The third-order valence-electron chi connectivity index (χ3n) is 8.55. The molecule has 10 heteroatoms. The summed E-state index contributed by atoms with van der Waals surface area (Å²) >= 11 is 6.12. The molecule has 5 aliphatic rings. The van der Waals surface area contributed by atoms with E-state index >= 15 is 0 Å². The number of carbonyl (C=O) groups is 2. The average molecular weight is 510 g/mol. The molecule has 4 bridgehead atoms. The van der Waals surface area contributed by atoms with E-state index in [2.05, 4.69) is 15.4 Å². The standard InChI is InChI=1S/C24H32ClN3O5S/c25-18-4-1-2-5-19(18)34(32,33)28-24(6-3-7-24)22(31)27-20-16-10-15-11-17(20)14-23(12-15,13-16)21(30)26-8-9-29/h1-2,4-5,15-17,20,28-29H,3,6-14H2,(H,26,30)(H,27,31). The van der Waals surface area contributed by atoms with Crippen molar-refractivity contribution in [2.75, 3.05) is 13.2 Å². The Balaban J connectivity index is 1.31. The van der Waals surface area contributed by atoms with Gasteiger partial charge < -0.3 is 15.7 Å². The molecule has 5 saturated carbocycles. The lowest BCUT2D eigenvalue weighted by atomic mass is 9.47. The van der Waals surface area contributed by atoms with E-state index in [0.717, 1.165) is 38.5 Å². The first kappa shape index (κ1) is 24.0. The summed E-state index contributed by atoms with van der Waals surface area (Å²) in [4.78, 5) is 26.4. The molecule has 0 aliphatic heterocycles. The van der Waals surface area contributed by atoms with E-state index in [1.54, 1.807) is 12.1 Å². The maximum Gasteiger partial charge on any atom is 0.243 e. The minimum atomic E-state index is -3.96. The van der Waals surface area contributed by atoms with Gasteiger partial charge in [0.1, 0.15) is 10.4 Å². The van der Waals surface area contributed by atoms with Gasteiger partial charge in [0.05, 0.1) is 17.0 Å². The maximum atomic E-state index is 13.5. The molecule has 8 nitrogen and oxygen atoms in total. The smallest absolute Gasteiger partial charge is 0.243 e. The Kier molecular flexibility index (Phi) is 6.19. The third-order valence-corrected chi connectivity index (χ3v) is 10.6. The number of carbonyl (C=O) groups excluding carboxylic acids is 2. The normalized spacial score (nSPS) is 33.2. The second-order valence-electron chi connectivity index (χ2n) is 10.7. The highest BCUT2D eigenvalue weighted by molar-refractivity contribution is 7.89. The predicted molar refractivity (Wildman–Crippen MR) is 126 cm³/mol. The molecule has 2 atom stereocenters. The molecule has 5 fully saturated rings. The first-order valence-electron chi connectivity index (χ1n) is 12.2. The van der Waals surface area contributed by atoms with Crippen molar-refractivity contribution in [3.8, 4) is 0 Å². The molecule has 1 aromatic carbocycles. The molecule has 1 aromatic rings. The van der Waals surface area contributed by atoms with Gasteiger partial charge in [-0.05, 0) is 81.3 Å². The van der Waals surface area contributed by atoms with Crippen LogP contribution in [0.25, 0.3) is 0 Å². The topological polar surface area (TPSA) is 125 Å². The fourth-order valence-electron chi connectivity index (χ4n) is 7.07. The van der Waals surface area contributed by atoms with Gasteiger partial charge in [-0.2, -0.15) is 4.72 Å². The molecule has 0 spiro atoms. The van der Waals surface area contributed by atoms with Gasteiger partial charge in [-0.25, -0.2) is 8.42 Å². The van der Waals surface area contributed by atoms with Crippen LogP contribution in [0.2, 0.25) is 5.02 Å². The van der Waals surface area contributed by atoms with Crippen LogP contribution in [0.3, 0.4) is 0 Å². The average Bonchev–Trinajstić information content (AvgIpc) is 2.76. The Morgan fingerprint density at radius 1 is 1.06 bits per heavy atom. The Morgan fingerprint density at radius 3 is 2.32 bits per heavy atom. The number of hydrogen-bond acceptors (Lipinski definition) is 5. The summed E-state index contributed by atoms with van der Waals surface area (Å²) in [6.45, 7) is 0.178. The number of aliphatic hydroxyl groups is 1. The lowest BCUT2D eigenvalue weighted by molar-refractivity contribution is -0.152. The molecule has 6 rings (SSSR count). The minimum Gasteiger partial charge on any atom is -0.395 e. The van der Waals surface area contributed by atoms with Crippen molar-refractivity contribution in [2.45, 2.75) is 67.8 Å². The van der Waals surface area contributed by atoms with Gasteiger partial charge >= 0.3 is 0 Å². The Hall–Kier alpha value is -1.68. The van der Waals surface area contributed by atoms with Crippen molar-refractivity contribution in [2.24, 2.45) is 23.2 Å². The number of hydrogen-bond donors (Lipinski definition) is 4. The fraction of sp³-hybridized carbons (Fsp3) is 0.667. The first-order chi connectivity index (χ1) is 16.2. The lowest BCUT2D eigenvalue weighted by Gasteiger charge is -2.59. The van der Waals surface area contributed by atoms with E-state index in [1.807, 2.05) is 0 Å². The fourth-order valence-corrected chi connectivity index (χ4v) is 9.01. The van der Waals surface area contributed by atoms with E-state index in [1.165, 1.54) is 12.1 Å². The number of amides is 2. The zero-order valence-electron chi connectivity index (χ0n) is 19.1. The number of rotatable bonds is 8. The third kappa shape index (κ3) is 4.04. The largest absolute Gasteiger partial charge is 0.395 e. The SMILES string of the molecule is O=C(NCCO)C12CC3CC(C1)C(NC(=O)C1(NS(=O)(=O)c4ccccc4Cl)CCC1)C(C3)C2. The van der Waals surface area contributed by atoms with E-state index in [9.17, 15) is 18.0 Å². The lowest BCUT2D eigenvalue weighted by Crippen LogP contribution is -2.68. The van der Waals surface area contributed by atoms with Gasteiger partial charge in [0, 0.05) is 12.6 Å². The second kappa shape index (κ2) is 8.76. The monoisotopic (exact) mass is 509 g/mol. The summed E-state index contributed by atoms with van der Waals surface area (Å²) in [6.07, 6.45) is 5.94. The van der Waals surface area contributed by atoms with Crippen LogP contribution in [0.15, 0.2) is 29.2 Å². The van der Waals surface area contributed by atoms with Gasteiger partial charge in [-0.15, -0.1) is 0 Å². The highest BCUT2D eigenvalue weighted by Gasteiger charge is 2.59. The van der Waals surface area contributed by atoms with Crippen LogP contribution in [-0.4, -0.2) is 50.1 Å². The molecular formula is C24H32ClN3O5S. The van der Waals surface area contributed by atoms with Gasteiger partial charge in [0.15, 0.2) is 0 Å². The molecule has 34 heavy (non-hydrogen) atoms. The zero-order valence-corrected chi connectivity index (χ0v) is 20.6. The summed E-state index contributed by atoms with van der Waals surface area (Å²) in [7, 11) is -3.96. The minimum absolute atomic E-state index is 0.0219. The summed E-state index contributed by atoms with van der Waals surface area (Å²) in [5.74, 6) is 0.626. The number of sulfonamides is 1. The van der Waals surface area contributed by atoms with Crippen molar-refractivity contribution < 1.29 is 23.1 Å². The summed E-state index contributed by atoms with van der Waals surface area (Å²) in [6, 6.07) is 6.18. The van der Waals surface area contributed by atoms with E-state index in [-0.39, 0.29) is 52.8 Å². The first-order valence-corrected chi connectivity index (χ1v) is 14.0. The van der Waals surface area contributed by atoms with E-state index < -0.39 is 21.0 Å². The summed E-state index contributed by atoms with van der Waals surface area (Å²) in [5, 5.41) is 15.3. The predicted octanol–water partition coefficient (Wildman–Crippen LogP) is 1.96. The van der Waals surface area contributed by atoms with Crippen LogP contribution in [-0.2, 0) is 19.6 Å². The van der Waals surface area contributed by atoms with Crippen molar-refractivity contribution in [3.63, 3.8) is 0 Å². The van der Waals surface area contributed by atoms with Crippen LogP contribution in [0.4, 0.5) is 0 Å². The second-order valence-corrected chi connectivity index (χ2v) is 12.8. The van der Waals surface area contributed by atoms with Crippen LogP contribution in [0.1, 0.15) is 51.4 Å². The molecule has 0 saturated heterocycles. The van der Waals surface area contributed by atoms with Crippen molar-refractivity contribution in [1.82, 2.24) is 15.4 Å². The molecule has 2 amide bonds. The van der Waals surface area contributed by atoms with Crippen LogP contribution in [0.5, 0.6) is 0 Å². The molecule has 0 radical (unpaired) electrons. The van der Waals surface area contributed by atoms with Crippen LogP contribution in [0, 0.1) is 23.2 Å². The molecule has 4 N–H and O–H groups in total. The molecule has 0 aromatic heterocycles. The van der Waals surface area contributed by atoms with Gasteiger partial charge in [0.25, 0.3) is 0 Å². The molecule has 186 valence electrons. The molecule has 0 heterocycles. The number of aliphatic hydroxyl groups excluding tert-OH is 1. The zero-order chi connectivity index (χ0) is 24.1. The van der Waals surface area contributed by atoms with E-state index in [4.69, 9.17) is 16.7 Å². The van der Waals surface area contributed by atoms with Crippen molar-refractivity contribution in [3.05, 3.63) is 29.3 Å². The van der Waals surface area contributed by atoms with Gasteiger partial charge in [-0.3, -0.25) is 9.59 Å². The number of halogens is 1. The van der Waals surface area contributed by atoms with Crippen molar-refractivity contribution in [1.29, 1.82) is 0 Å². The number of nitrogens with one attached hydrogen (secondary N) is 3. The van der Waals surface area contributed by atoms with E-state index in [0.29, 0.717) is 18.8 Å². The van der Waals surface area contributed by atoms with Gasteiger partial charge in [0.2, 0.25) is 21.8 Å². The van der Waals surface area contributed by atoms with Crippen LogP contribution >= 0.6 is 11.6 Å². The Bertz CT molecular complexity index is 1070. The molecule has 5 aliphatic carbocycles. The molecular weight excluding hydrogens is 478 g/mol. The Labute approximate surface area is 205 Å². The number of benzene rings is 1. The highest BCUT2D eigenvalue weighted by atomic mass is 35.5. The molecule has 2 unspecified atom stereocenters. The van der Waals surface area contributed by atoms with Crippen LogP contribution < -0.4 is 15.4 Å². The van der Waals surface area contributed by atoms with Gasteiger partial charge in [-0.1, -0.05) is 23.7 Å². The summed E-state index contributed by atoms with van der Waals surface area (Å²) in [5.41, 5.74) is -1.57.